The molecule has 17 heavy (non-hydrogen) atoms. The molecule has 0 aliphatic heterocycles. The maximum atomic E-state index is 5.47. The summed E-state index contributed by atoms with van der Waals surface area (Å²) in [5, 5.41) is 3.46. The highest BCUT2D eigenvalue weighted by Gasteiger charge is 1.96. The zero-order valence-electron chi connectivity index (χ0n) is 10.9. The van der Waals surface area contributed by atoms with Crippen molar-refractivity contribution in [3.63, 3.8) is 0 Å². The predicted octanol–water partition coefficient (Wildman–Crippen LogP) is 3.32. The largest absolute Gasteiger partial charge is 0.494 e. The SMILES string of the molecule is CCOc1cccc(CNCCCSCC)c1. The molecule has 0 spiro atoms. The van der Waals surface area contributed by atoms with E-state index in [1.807, 2.05) is 24.8 Å². The highest BCUT2D eigenvalue weighted by molar-refractivity contribution is 7.99. The van der Waals surface area contributed by atoms with Gasteiger partial charge in [-0.2, -0.15) is 11.8 Å². The third kappa shape index (κ3) is 6.59. The molecule has 0 bridgehead atoms. The Morgan fingerprint density at radius 2 is 2.18 bits per heavy atom. The van der Waals surface area contributed by atoms with Crippen molar-refractivity contribution in [1.82, 2.24) is 5.32 Å². The first-order chi connectivity index (χ1) is 8.36. The van der Waals surface area contributed by atoms with E-state index in [1.165, 1.54) is 23.5 Å². The Bertz CT molecular complexity index is 304. The van der Waals surface area contributed by atoms with Crippen LogP contribution in [-0.2, 0) is 6.54 Å². The summed E-state index contributed by atoms with van der Waals surface area (Å²) in [6.07, 6.45) is 1.24. The van der Waals surface area contributed by atoms with Gasteiger partial charge in [-0.25, -0.2) is 0 Å². The molecular formula is C14H23NOS. The third-order valence-corrected chi connectivity index (χ3v) is 3.37. The Morgan fingerprint density at radius 3 is 2.94 bits per heavy atom. The van der Waals surface area contributed by atoms with E-state index in [4.69, 9.17) is 4.74 Å². The molecule has 2 nitrogen and oxygen atoms in total. The summed E-state index contributed by atoms with van der Waals surface area (Å²) in [7, 11) is 0. The third-order valence-electron chi connectivity index (χ3n) is 2.38. The minimum atomic E-state index is 0.727. The molecule has 0 saturated carbocycles. The minimum absolute atomic E-state index is 0.727. The maximum Gasteiger partial charge on any atom is 0.119 e. The van der Waals surface area contributed by atoms with E-state index in [-0.39, 0.29) is 0 Å². The topological polar surface area (TPSA) is 21.3 Å². The number of hydrogen-bond acceptors (Lipinski definition) is 3. The van der Waals surface area contributed by atoms with Crippen LogP contribution in [-0.4, -0.2) is 24.7 Å². The van der Waals surface area contributed by atoms with Crippen LogP contribution < -0.4 is 10.1 Å². The van der Waals surface area contributed by atoms with Gasteiger partial charge in [-0.1, -0.05) is 19.1 Å². The Kier molecular flexibility index (Phi) is 7.93. The lowest BCUT2D eigenvalue weighted by Crippen LogP contribution is -2.15. The van der Waals surface area contributed by atoms with Gasteiger partial charge in [-0.05, 0) is 49.1 Å². The monoisotopic (exact) mass is 253 g/mol. The van der Waals surface area contributed by atoms with Gasteiger partial charge in [0.15, 0.2) is 0 Å². The molecule has 0 aromatic heterocycles. The second kappa shape index (κ2) is 9.37. The molecule has 1 aromatic rings. The molecule has 0 heterocycles. The molecule has 0 radical (unpaired) electrons. The second-order valence-corrected chi connectivity index (χ2v) is 5.20. The van der Waals surface area contributed by atoms with Crippen LogP contribution in [0.5, 0.6) is 5.75 Å². The van der Waals surface area contributed by atoms with Gasteiger partial charge in [0.25, 0.3) is 0 Å². The van der Waals surface area contributed by atoms with E-state index in [0.29, 0.717) is 0 Å². The standard InChI is InChI=1S/C14H23NOS/c1-3-16-14-8-5-7-13(11-14)12-15-9-6-10-17-4-2/h5,7-8,11,15H,3-4,6,9-10,12H2,1-2H3. The number of thioether (sulfide) groups is 1. The lowest BCUT2D eigenvalue weighted by molar-refractivity contribution is 0.340. The lowest BCUT2D eigenvalue weighted by Gasteiger charge is -2.07. The summed E-state index contributed by atoms with van der Waals surface area (Å²) in [6, 6.07) is 8.30. The molecule has 0 amide bonds. The van der Waals surface area contributed by atoms with Gasteiger partial charge < -0.3 is 10.1 Å². The van der Waals surface area contributed by atoms with Crippen LogP contribution in [0.2, 0.25) is 0 Å². The molecule has 0 aliphatic carbocycles. The van der Waals surface area contributed by atoms with Crippen molar-refractivity contribution < 1.29 is 4.74 Å². The first kappa shape index (κ1) is 14.4. The fraction of sp³-hybridized carbons (Fsp3) is 0.571. The molecule has 0 unspecified atom stereocenters. The zero-order chi connectivity index (χ0) is 12.3. The lowest BCUT2D eigenvalue weighted by atomic mass is 10.2. The first-order valence-electron chi connectivity index (χ1n) is 6.37. The molecule has 0 atom stereocenters. The van der Waals surface area contributed by atoms with Crippen molar-refractivity contribution >= 4 is 11.8 Å². The molecule has 0 fully saturated rings. The number of nitrogens with one attached hydrogen (secondary N) is 1. The van der Waals surface area contributed by atoms with E-state index in [9.17, 15) is 0 Å². The van der Waals surface area contributed by atoms with E-state index < -0.39 is 0 Å². The summed E-state index contributed by atoms with van der Waals surface area (Å²) in [4.78, 5) is 0. The summed E-state index contributed by atoms with van der Waals surface area (Å²) in [5.74, 6) is 3.44. The summed E-state index contributed by atoms with van der Waals surface area (Å²) in [6.45, 7) is 6.96. The summed E-state index contributed by atoms with van der Waals surface area (Å²) >= 11 is 2.00. The summed E-state index contributed by atoms with van der Waals surface area (Å²) < 4.78 is 5.47. The number of rotatable bonds is 9. The van der Waals surface area contributed by atoms with E-state index >= 15 is 0 Å². The fourth-order valence-electron chi connectivity index (χ4n) is 1.59. The van der Waals surface area contributed by atoms with Gasteiger partial charge in [-0.15, -0.1) is 0 Å². The Balaban J connectivity index is 2.19. The molecule has 1 rings (SSSR count). The Labute approximate surface area is 109 Å². The summed E-state index contributed by atoms with van der Waals surface area (Å²) in [5.41, 5.74) is 1.29. The smallest absolute Gasteiger partial charge is 0.119 e. The Morgan fingerprint density at radius 1 is 1.29 bits per heavy atom. The maximum absolute atomic E-state index is 5.47. The van der Waals surface area contributed by atoms with Crippen LogP contribution >= 0.6 is 11.8 Å². The highest BCUT2D eigenvalue weighted by atomic mass is 32.2. The number of benzene rings is 1. The average Bonchev–Trinajstić information content (AvgIpc) is 2.35. The van der Waals surface area contributed by atoms with Gasteiger partial charge in [0.1, 0.15) is 5.75 Å². The van der Waals surface area contributed by atoms with Gasteiger partial charge in [0.05, 0.1) is 6.61 Å². The van der Waals surface area contributed by atoms with Crippen molar-refractivity contribution in [1.29, 1.82) is 0 Å². The molecule has 1 N–H and O–H groups in total. The molecule has 0 saturated heterocycles. The van der Waals surface area contributed by atoms with Crippen LogP contribution in [0, 0.1) is 0 Å². The molecule has 1 aromatic carbocycles. The van der Waals surface area contributed by atoms with Gasteiger partial charge in [0, 0.05) is 6.54 Å². The molecule has 0 aliphatic rings. The minimum Gasteiger partial charge on any atom is -0.494 e. The predicted molar refractivity (Wildman–Crippen MR) is 76.9 cm³/mol. The van der Waals surface area contributed by atoms with E-state index in [1.54, 1.807) is 0 Å². The van der Waals surface area contributed by atoms with Gasteiger partial charge >= 0.3 is 0 Å². The zero-order valence-corrected chi connectivity index (χ0v) is 11.7. The molecule has 96 valence electrons. The quantitative estimate of drug-likeness (QED) is 0.682. The second-order valence-electron chi connectivity index (χ2n) is 3.81. The van der Waals surface area contributed by atoms with Crippen molar-refractivity contribution in [2.45, 2.75) is 26.8 Å². The van der Waals surface area contributed by atoms with Crippen molar-refractivity contribution in [2.75, 3.05) is 24.7 Å². The van der Waals surface area contributed by atoms with Gasteiger partial charge in [-0.3, -0.25) is 0 Å². The van der Waals surface area contributed by atoms with Crippen LogP contribution in [0.3, 0.4) is 0 Å². The first-order valence-corrected chi connectivity index (χ1v) is 7.52. The number of ether oxygens (including phenoxy) is 1. The Hall–Kier alpha value is -0.670. The number of hydrogen-bond donors (Lipinski definition) is 1. The van der Waals surface area contributed by atoms with Crippen LogP contribution in [0.4, 0.5) is 0 Å². The van der Waals surface area contributed by atoms with Crippen LogP contribution in [0.25, 0.3) is 0 Å². The molecular weight excluding hydrogens is 230 g/mol. The molecule has 3 heteroatoms. The van der Waals surface area contributed by atoms with E-state index in [0.717, 1.165) is 25.4 Å². The van der Waals surface area contributed by atoms with Gasteiger partial charge in [0.2, 0.25) is 0 Å². The van der Waals surface area contributed by atoms with Crippen LogP contribution in [0.1, 0.15) is 25.8 Å². The van der Waals surface area contributed by atoms with Crippen molar-refractivity contribution in [2.24, 2.45) is 0 Å². The average molecular weight is 253 g/mol. The van der Waals surface area contributed by atoms with Crippen molar-refractivity contribution in [3.05, 3.63) is 29.8 Å². The normalized spacial score (nSPS) is 10.5. The fourth-order valence-corrected chi connectivity index (χ4v) is 2.23. The van der Waals surface area contributed by atoms with Crippen molar-refractivity contribution in [3.8, 4) is 5.75 Å². The van der Waals surface area contributed by atoms with E-state index in [2.05, 4.69) is 30.4 Å². The highest BCUT2D eigenvalue weighted by Crippen LogP contribution is 2.12. The van der Waals surface area contributed by atoms with Crippen LogP contribution in [0.15, 0.2) is 24.3 Å².